The van der Waals surface area contributed by atoms with Crippen LogP contribution in [-0.2, 0) is 0 Å². The zero-order valence-electron chi connectivity index (χ0n) is 14.5. The molecule has 1 aromatic heterocycles. The Kier molecular flexibility index (Phi) is 6.17. The molecule has 0 saturated heterocycles. The second-order valence-electron chi connectivity index (χ2n) is 5.54. The van der Waals surface area contributed by atoms with Crippen molar-refractivity contribution in [3.63, 3.8) is 0 Å². The molecule has 1 heterocycles. The number of hydrazone groups is 1. The number of carbonyl (C=O) groups excluding carboxylic acids is 1. The number of rotatable bonds is 6. The third-order valence-electron chi connectivity index (χ3n) is 3.65. The number of amides is 1. The van der Waals surface area contributed by atoms with Crippen molar-refractivity contribution >= 4 is 34.1 Å². The number of nitrogens with zero attached hydrogens (tertiary/aromatic N) is 2. The molecule has 0 fully saturated rings. The van der Waals surface area contributed by atoms with Crippen LogP contribution in [0.15, 0.2) is 70.2 Å². The first-order valence-corrected chi connectivity index (χ1v) is 8.90. The van der Waals surface area contributed by atoms with Crippen LogP contribution < -0.4 is 10.2 Å². The largest absolute Gasteiger partial charge is 0.497 e. The van der Waals surface area contributed by atoms with Crippen LogP contribution in [-0.4, -0.2) is 29.4 Å². The zero-order valence-corrected chi connectivity index (χ0v) is 16.1. The van der Waals surface area contributed by atoms with E-state index in [1.54, 1.807) is 13.2 Å². The van der Waals surface area contributed by atoms with Crippen molar-refractivity contribution in [2.24, 2.45) is 5.10 Å². The zero-order chi connectivity index (χ0) is 19.1. The number of benzene rings is 2. The Morgan fingerprint density at radius 2 is 2.00 bits per heavy atom. The molecule has 2 aromatic carbocycles. The molecule has 3 rings (SSSR count). The van der Waals surface area contributed by atoms with E-state index < -0.39 is 0 Å². The second-order valence-corrected chi connectivity index (χ2v) is 6.45. The first kappa shape index (κ1) is 18.6. The Balaban J connectivity index is 1.63. The Bertz CT molecular complexity index is 980. The predicted molar refractivity (Wildman–Crippen MR) is 110 cm³/mol. The van der Waals surface area contributed by atoms with E-state index in [0.717, 1.165) is 21.4 Å². The fraction of sp³-hybridized carbons (Fsp3) is 0.0500. The molecule has 0 atom stereocenters. The van der Waals surface area contributed by atoms with Gasteiger partial charge in [-0.15, -0.1) is 0 Å². The molecular weight excluding hydrogens is 408 g/mol. The average molecular weight is 425 g/mol. The number of aromatic amines is 1. The second kappa shape index (κ2) is 8.95. The van der Waals surface area contributed by atoms with Gasteiger partial charge in [-0.25, -0.2) is 5.43 Å². The summed E-state index contributed by atoms with van der Waals surface area (Å²) in [5, 5.41) is 10.8. The molecule has 0 aliphatic heterocycles. The van der Waals surface area contributed by atoms with Gasteiger partial charge in [0.1, 0.15) is 11.4 Å². The highest BCUT2D eigenvalue weighted by Crippen LogP contribution is 2.22. The number of carbonyl (C=O) groups is 1. The summed E-state index contributed by atoms with van der Waals surface area (Å²) in [6, 6.07) is 18.9. The Labute approximate surface area is 165 Å². The molecule has 2 N–H and O–H groups in total. The summed E-state index contributed by atoms with van der Waals surface area (Å²) in [7, 11) is 1.60. The number of H-pyrrole nitrogens is 1. The number of aromatic nitrogens is 2. The van der Waals surface area contributed by atoms with Gasteiger partial charge in [0.05, 0.1) is 19.0 Å². The van der Waals surface area contributed by atoms with Gasteiger partial charge in [0.15, 0.2) is 0 Å². The normalized spacial score (nSPS) is 11.6. The minimum Gasteiger partial charge on any atom is -0.497 e. The quantitative estimate of drug-likeness (QED) is 0.458. The molecule has 27 heavy (non-hydrogen) atoms. The standard InChI is InChI=1S/C20H17BrN4O2/c1-27-17-9-5-8-15(11-17)18-12-19(24-23-18)20(26)25-22-13-16(21)10-14-6-3-2-4-7-14/h2-13H,1H3,(H,23,24)(H,25,26)/b16-10-,22-13-. The Hall–Kier alpha value is -3.19. The number of halogens is 1. The highest BCUT2D eigenvalue weighted by Gasteiger charge is 2.10. The van der Waals surface area contributed by atoms with Crippen molar-refractivity contribution in [1.82, 2.24) is 15.6 Å². The van der Waals surface area contributed by atoms with E-state index in [2.05, 4.69) is 36.7 Å². The number of nitrogens with one attached hydrogen (secondary N) is 2. The lowest BCUT2D eigenvalue weighted by atomic mass is 10.1. The minimum absolute atomic E-state index is 0.313. The van der Waals surface area contributed by atoms with Crippen LogP contribution in [0.2, 0.25) is 0 Å². The van der Waals surface area contributed by atoms with Crippen LogP contribution >= 0.6 is 15.9 Å². The molecule has 7 heteroatoms. The smallest absolute Gasteiger partial charge is 0.289 e. The summed E-state index contributed by atoms with van der Waals surface area (Å²) in [6.45, 7) is 0. The Morgan fingerprint density at radius 3 is 2.78 bits per heavy atom. The molecule has 3 aromatic rings. The third kappa shape index (κ3) is 5.15. The molecule has 0 bridgehead atoms. The average Bonchev–Trinajstić information content (AvgIpc) is 3.19. The summed E-state index contributed by atoms with van der Waals surface area (Å²) < 4.78 is 5.93. The van der Waals surface area contributed by atoms with E-state index in [4.69, 9.17) is 4.74 Å². The van der Waals surface area contributed by atoms with Crippen LogP contribution in [0.3, 0.4) is 0 Å². The van der Waals surface area contributed by atoms with Gasteiger partial charge in [0.2, 0.25) is 0 Å². The Morgan fingerprint density at radius 1 is 1.19 bits per heavy atom. The maximum Gasteiger partial charge on any atom is 0.289 e. The van der Waals surface area contributed by atoms with E-state index >= 15 is 0 Å². The van der Waals surface area contributed by atoms with Gasteiger partial charge in [-0.1, -0.05) is 42.5 Å². The first-order valence-electron chi connectivity index (χ1n) is 8.11. The van der Waals surface area contributed by atoms with E-state index in [9.17, 15) is 4.79 Å². The minimum atomic E-state index is -0.382. The van der Waals surface area contributed by atoms with Crippen molar-refractivity contribution < 1.29 is 9.53 Å². The van der Waals surface area contributed by atoms with Crippen LogP contribution in [0.5, 0.6) is 5.75 Å². The van der Waals surface area contributed by atoms with Crippen molar-refractivity contribution in [2.45, 2.75) is 0 Å². The number of methoxy groups -OCH3 is 1. The molecule has 1 amide bonds. The van der Waals surface area contributed by atoms with Crippen molar-refractivity contribution in [2.75, 3.05) is 7.11 Å². The highest BCUT2D eigenvalue weighted by molar-refractivity contribution is 9.12. The van der Waals surface area contributed by atoms with Gasteiger partial charge >= 0.3 is 0 Å². The highest BCUT2D eigenvalue weighted by atomic mass is 79.9. The number of allylic oxidation sites excluding steroid dienone is 1. The lowest BCUT2D eigenvalue weighted by Crippen LogP contribution is -2.17. The van der Waals surface area contributed by atoms with E-state index in [1.807, 2.05) is 60.7 Å². The summed E-state index contributed by atoms with van der Waals surface area (Å²) in [5.41, 5.74) is 5.30. The van der Waals surface area contributed by atoms with Crippen molar-refractivity contribution in [3.05, 3.63) is 76.4 Å². The predicted octanol–water partition coefficient (Wildman–Crippen LogP) is 4.24. The maximum absolute atomic E-state index is 12.2. The summed E-state index contributed by atoms with van der Waals surface area (Å²) in [4.78, 5) is 12.2. The van der Waals surface area contributed by atoms with Crippen molar-refractivity contribution in [1.29, 1.82) is 0 Å². The molecule has 0 unspecified atom stereocenters. The van der Waals surface area contributed by atoms with Gasteiger partial charge < -0.3 is 4.74 Å². The lowest BCUT2D eigenvalue weighted by Gasteiger charge is -2.00. The van der Waals surface area contributed by atoms with Gasteiger partial charge in [-0.2, -0.15) is 10.2 Å². The van der Waals surface area contributed by atoms with E-state index in [1.165, 1.54) is 6.21 Å². The summed E-state index contributed by atoms with van der Waals surface area (Å²) in [6.07, 6.45) is 3.41. The van der Waals surface area contributed by atoms with Gasteiger partial charge in [-0.05, 0) is 45.8 Å². The number of hydrogen-bond donors (Lipinski definition) is 2. The molecular formula is C20H17BrN4O2. The van der Waals surface area contributed by atoms with Gasteiger partial charge in [0.25, 0.3) is 5.91 Å². The van der Waals surface area contributed by atoms with E-state index in [-0.39, 0.29) is 5.91 Å². The molecule has 0 aliphatic rings. The monoisotopic (exact) mass is 424 g/mol. The first-order chi connectivity index (χ1) is 13.2. The van der Waals surface area contributed by atoms with Crippen molar-refractivity contribution in [3.8, 4) is 17.0 Å². The fourth-order valence-corrected chi connectivity index (χ4v) is 2.69. The fourth-order valence-electron chi connectivity index (χ4n) is 2.33. The van der Waals surface area contributed by atoms with Gasteiger partial charge in [-0.3, -0.25) is 9.89 Å². The lowest BCUT2D eigenvalue weighted by molar-refractivity contribution is 0.0950. The maximum atomic E-state index is 12.2. The summed E-state index contributed by atoms with van der Waals surface area (Å²) >= 11 is 3.40. The molecule has 0 spiro atoms. The summed E-state index contributed by atoms with van der Waals surface area (Å²) in [5.74, 6) is 0.342. The number of hydrogen-bond acceptors (Lipinski definition) is 4. The molecule has 6 nitrogen and oxygen atoms in total. The van der Waals surface area contributed by atoms with Crippen LogP contribution in [0, 0.1) is 0 Å². The molecule has 136 valence electrons. The SMILES string of the molecule is COc1cccc(-c2cc(C(=O)N/N=C\C(Br)=C\c3ccccc3)[nH]n2)c1. The molecule has 0 radical (unpaired) electrons. The van der Waals surface area contributed by atoms with Crippen LogP contribution in [0.1, 0.15) is 16.1 Å². The van der Waals surface area contributed by atoms with Crippen LogP contribution in [0.25, 0.3) is 17.3 Å². The molecule has 0 saturated carbocycles. The van der Waals surface area contributed by atoms with E-state index in [0.29, 0.717) is 11.4 Å². The third-order valence-corrected chi connectivity index (χ3v) is 4.08. The number of ether oxygens (including phenoxy) is 1. The van der Waals surface area contributed by atoms with Gasteiger partial charge in [0, 0.05) is 10.0 Å². The topological polar surface area (TPSA) is 79.4 Å². The van der Waals surface area contributed by atoms with Crippen LogP contribution in [0.4, 0.5) is 0 Å². The molecule has 0 aliphatic carbocycles.